The molecule has 0 aliphatic heterocycles. The summed E-state index contributed by atoms with van der Waals surface area (Å²) in [6.07, 6.45) is 1.85. The maximum atomic E-state index is 11.5. The van der Waals surface area contributed by atoms with Gasteiger partial charge >= 0.3 is 11.9 Å². The number of esters is 2. The summed E-state index contributed by atoms with van der Waals surface area (Å²) in [7, 11) is 0. The summed E-state index contributed by atoms with van der Waals surface area (Å²) in [5, 5.41) is 4.91. The average molecular weight is 310 g/mol. The predicted molar refractivity (Wildman–Crippen MR) is 78.4 cm³/mol. The summed E-state index contributed by atoms with van der Waals surface area (Å²) in [5.41, 5.74) is 0. The van der Waals surface area contributed by atoms with Crippen molar-refractivity contribution in [2.24, 2.45) is 0 Å². The zero-order chi connectivity index (χ0) is 14.2. The van der Waals surface area contributed by atoms with Crippen LogP contribution in [0.3, 0.4) is 0 Å². The molecule has 2 aromatic heterocycles. The van der Waals surface area contributed by atoms with Crippen molar-refractivity contribution in [1.29, 1.82) is 0 Å². The minimum absolute atomic E-state index is 0.265. The third-order valence-corrected chi connectivity index (χ3v) is 3.92. The Morgan fingerprint density at radius 1 is 0.850 bits per heavy atom. The second-order valence-electron chi connectivity index (χ2n) is 4.02. The van der Waals surface area contributed by atoms with E-state index in [0.29, 0.717) is 35.8 Å². The van der Waals surface area contributed by atoms with Gasteiger partial charge in [-0.2, -0.15) is 0 Å². The van der Waals surface area contributed by atoms with E-state index in [1.807, 2.05) is 22.9 Å². The van der Waals surface area contributed by atoms with E-state index in [1.165, 1.54) is 22.7 Å². The van der Waals surface area contributed by atoms with Crippen molar-refractivity contribution in [3.05, 3.63) is 35.0 Å². The Balaban J connectivity index is 1.57. The number of rotatable bonds is 7. The molecule has 0 fully saturated rings. The Morgan fingerprint density at radius 3 is 1.65 bits per heavy atom. The Kier molecular flexibility index (Phi) is 5.76. The molecule has 6 heteroatoms. The van der Waals surface area contributed by atoms with Gasteiger partial charge in [-0.05, 0) is 47.9 Å². The molecule has 0 saturated carbocycles. The van der Waals surface area contributed by atoms with Gasteiger partial charge < -0.3 is 9.47 Å². The molecule has 106 valence electrons. The molecule has 2 heterocycles. The highest BCUT2D eigenvalue weighted by atomic mass is 32.1. The molecular weight excluding hydrogens is 296 g/mol. The van der Waals surface area contributed by atoms with Crippen LogP contribution in [-0.2, 0) is 9.59 Å². The van der Waals surface area contributed by atoms with Crippen LogP contribution in [0.25, 0.3) is 0 Å². The lowest BCUT2D eigenvalue weighted by molar-refractivity contribution is -0.136. The molecule has 20 heavy (non-hydrogen) atoms. The van der Waals surface area contributed by atoms with Crippen molar-refractivity contribution < 1.29 is 19.1 Å². The highest BCUT2D eigenvalue weighted by molar-refractivity contribution is 7.12. The van der Waals surface area contributed by atoms with Gasteiger partial charge in [0.05, 0.1) is 0 Å². The molecule has 2 rings (SSSR count). The lowest BCUT2D eigenvalue weighted by Crippen LogP contribution is -2.09. The molecular formula is C14H14O4S2. The van der Waals surface area contributed by atoms with E-state index in [1.54, 1.807) is 12.1 Å². The molecule has 0 aliphatic carbocycles. The maximum Gasteiger partial charge on any atom is 0.311 e. The van der Waals surface area contributed by atoms with Gasteiger partial charge in [0.15, 0.2) is 10.1 Å². The van der Waals surface area contributed by atoms with Crippen molar-refractivity contribution in [2.75, 3.05) is 0 Å². The average Bonchev–Trinajstić information content (AvgIpc) is 3.08. The van der Waals surface area contributed by atoms with Gasteiger partial charge in [0, 0.05) is 12.8 Å². The molecule has 0 amide bonds. The van der Waals surface area contributed by atoms with Crippen LogP contribution < -0.4 is 9.47 Å². The zero-order valence-electron chi connectivity index (χ0n) is 10.7. The van der Waals surface area contributed by atoms with Crippen LogP contribution in [0.5, 0.6) is 10.1 Å². The number of carbonyl (C=O) groups is 2. The van der Waals surface area contributed by atoms with Gasteiger partial charge in [0.2, 0.25) is 0 Å². The molecule has 0 aliphatic rings. The van der Waals surface area contributed by atoms with Crippen LogP contribution in [0, 0.1) is 0 Å². The SMILES string of the molecule is O=C(CCCCC(=O)Oc1cccs1)Oc1cccs1. The fraction of sp³-hybridized carbons (Fsp3) is 0.286. The Bertz CT molecular complexity index is 481. The second kappa shape index (κ2) is 7.81. The van der Waals surface area contributed by atoms with Crippen LogP contribution in [0.4, 0.5) is 0 Å². The molecule has 0 unspecified atom stereocenters. The quantitative estimate of drug-likeness (QED) is 0.575. The van der Waals surface area contributed by atoms with Gasteiger partial charge in [-0.1, -0.05) is 0 Å². The van der Waals surface area contributed by atoms with Crippen LogP contribution in [0.1, 0.15) is 25.7 Å². The van der Waals surface area contributed by atoms with Crippen LogP contribution >= 0.6 is 22.7 Å². The van der Waals surface area contributed by atoms with Gasteiger partial charge in [-0.3, -0.25) is 9.59 Å². The molecule has 0 saturated heterocycles. The van der Waals surface area contributed by atoms with Crippen molar-refractivity contribution in [2.45, 2.75) is 25.7 Å². The van der Waals surface area contributed by atoms with E-state index in [9.17, 15) is 9.59 Å². The fourth-order valence-electron chi connectivity index (χ4n) is 1.51. The minimum Gasteiger partial charge on any atom is -0.415 e. The summed E-state index contributed by atoms with van der Waals surface area (Å²) in [4.78, 5) is 23.0. The largest absolute Gasteiger partial charge is 0.415 e. The Morgan fingerprint density at radius 2 is 1.30 bits per heavy atom. The van der Waals surface area contributed by atoms with E-state index in [-0.39, 0.29) is 11.9 Å². The number of thiophene rings is 2. The summed E-state index contributed by atoms with van der Waals surface area (Å²) in [6.45, 7) is 0. The number of carbonyl (C=O) groups excluding carboxylic acids is 2. The van der Waals surface area contributed by atoms with E-state index >= 15 is 0 Å². The lowest BCUT2D eigenvalue weighted by Gasteiger charge is -2.02. The number of hydrogen-bond donors (Lipinski definition) is 0. The summed E-state index contributed by atoms with van der Waals surface area (Å²) in [5.74, 6) is -0.529. The molecule has 4 nitrogen and oxygen atoms in total. The van der Waals surface area contributed by atoms with E-state index in [4.69, 9.17) is 9.47 Å². The lowest BCUT2D eigenvalue weighted by atomic mass is 10.2. The van der Waals surface area contributed by atoms with Gasteiger partial charge in [-0.25, -0.2) is 0 Å². The van der Waals surface area contributed by atoms with Crippen molar-refractivity contribution in [3.63, 3.8) is 0 Å². The third-order valence-electron chi connectivity index (χ3n) is 2.43. The van der Waals surface area contributed by atoms with Crippen molar-refractivity contribution in [1.82, 2.24) is 0 Å². The molecule has 0 aromatic carbocycles. The van der Waals surface area contributed by atoms with Crippen LogP contribution in [0.2, 0.25) is 0 Å². The molecule has 0 spiro atoms. The summed E-state index contributed by atoms with van der Waals surface area (Å²) < 4.78 is 10.2. The first kappa shape index (κ1) is 14.7. The van der Waals surface area contributed by atoms with E-state index in [2.05, 4.69) is 0 Å². The third kappa shape index (κ3) is 5.14. The first-order chi connectivity index (χ1) is 9.74. The van der Waals surface area contributed by atoms with Gasteiger partial charge in [-0.15, -0.1) is 22.7 Å². The van der Waals surface area contributed by atoms with Gasteiger partial charge in [0.1, 0.15) is 0 Å². The molecule has 0 atom stereocenters. The Hall–Kier alpha value is -1.66. The van der Waals surface area contributed by atoms with E-state index < -0.39 is 0 Å². The zero-order valence-corrected chi connectivity index (χ0v) is 12.4. The van der Waals surface area contributed by atoms with Gasteiger partial charge in [0.25, 0.3) is 0 Å². The van der Waals surface area contributed by atoms with Crippen molar-refractivity contribution >= 4 is 34.6 Å². The smallest absolute Gasteiger partial charge is 0.311 e. The second-order valence-corrected chi connectivity index (χ2v) is 5.84. The standard InChI is InChI=1S/C14H14O4S2/c15-11(17-13-7-3-9-19-13)5-1-2-6-12(16)18-14-8-4-10-20-14/h3-4,7-10H,1-2,5-6H2. The molecule has 0 N–H and O–H groups in total. The Labute approximate surface area is 125 Å². The number of hydrogen-bond acceptors (Lipinski definition) is 6. The highest BCUT2D eigenvalue weighted by Crippen LogP contribution is 2.20. The first-order valence-electron chi connectivity index (χ1n) is 6.22. The monoisotopic (exact) mass is 310 g/mol. The minimum atomic E-state index is -0.265. The maximum absolute atomic E-state index is 11.5. The molecule has 0 radical (unpaired) electrons. The highest BCUT2D eigenvalue weighted by Gasteiger charge is 2.08. The summed E-state index contributed by atoms with van der Waals surface area (Å²) >= 11 is 2.76. The fourth-order valence-corrected chi connectivity index (χ4v) is 2.69. The predicted octanol–water partition coefficient (Wildman–Crippen LogP) is 3.88. The molecule has 2 aromatic rings. The van der Waals surface area contributed by atoms with Crippen molar-refractivity contribution in [3.8, 4) is 10.1 Å². The van der Waals surface area contributed by atoms with Crippen LogP contribution in [-0.4, -0.2) is 11.9 Å². The van der Waals surface area contributed by atoms with Crippen LogP contribution in [0.15, 0.2) is 35.0 Å². The topological polar surface area (TPSA) is 52.6 Å². The molecule has 0 bridgehead atoms. The normalized spacial score (nSPS) is 10.2. The number of unbranched alkanes of at least 4 members (excludes halogenated alkanes) is 1. The summed E-state index contributed by atoms with van der Waals surface area (Å²) in [6, 6.07) is 7.16. The first-order valence-corrected chi connectivity index (χ1v) is 7.98. The van der Waals surface area contributed by atoms with E-state index in [0.717, 1.165) is 0 Å². The number of ether oxygens (including phenoxy) is 2.